The van der Waals surface area contributed by atoms with Gasteiger partial charge in [-0.05, 0) is 37.0 Å². The first-order valence-electron chi connectivity index (χ1n) is 9.81. The third kappa shape index (κ3) is 4.79. The average molecular weight is 500 g/mol. The first-order chi connectivity index (χ1) is 15.5. The number of nitrogens with one attached hydrogen (secondary N) is 2. The minimum Gasteiger partial charge on any atom is -0.453 e. The summed E-state index contributed by atoms with van der Waals surface area (Å²) >= 11 is 12.6. The lowest BCUT2D eigenvalue weighted by atomic mass is 9.82. The molecule has 1 aliphatic carbocycles. The Morgan fingerprint density at radius 1 is 1.15 bits per heavy atom. The van der Waals surface area contributed by atoms with E-state index >= 15 is 0 Å². The first kappa shape index (κ1) is 23.0. The zero-order valence-corrected chi connectivity index (χ0v) is 18.3. The van der Waals surface area contributed by atoms with Gasteiger partial charge in [0.25, 0.3) is 11.1 Å². The molecule has 1 unspecified atom stereocenters. The predicted molar refractivity (Wildman–Crippen MR) is 118 cm³/mol. The fraction of sp³-hybridized carbons (Fsp3) is 0.300. The van der Waals surface area contributed by atoms with Crippen LogP contribution in [0, 0.1) is 0 Å². The Kier molecular flexibility index (Phi) is 6.02. The van der Waals surface area contributed by atoms with Crippen LogP contribution in [0.2, 0.25) is 10.0 Å². The number of alkyl halides is 2. The van der Waals surface area contributed by atoms with Crippen LogP contribution < -0.4 is 27.3 Å². The van der Waals surface area contributed by atoms with E-state index in [9.17, 15) is 23.2 Å². The van der Waals surface area contributed by atoms with Crippen LogP contribution in [0.25, 0.3) is 5.69 Å². The van der Waals surface area contributed by atoms with Gasteiger partial charge in [-0.15, -0.1) is 5.10 Å². The maximum atomic E-state index is 13.8. The molecule has 0 bridgehead atoms. The molecule has 2 aromatic heterocycles. The minimum atomic E-state index is -2.83. The number of H-pyrrole nitrogens is 2. The van der Waals surface area contributed by atoms with Crippen LogP contribution in [0.15, 0.2) is 38.8 Å². The Hall–Kier alpha value is -3.18. The summed E-state index contributed by atoms with van der Waals surface area (Å²) in [4.78, 5) is 40.2. The van der Waals surface area contributed by atoms with Gasteiger partial charge in [0.2, 0.25) is 11.7 Å². The lowest BCUT2D eigenvalue weighted by Crippen LogP contribution is -2.33. The molecule has 0 spiro atoms. The number of nitrogens with two attached hydrogens (primary N) is 1. The molecule has 1 saturated carbocycles. The van der Waals surface area contributed by atoms with Crippen LogP contribution in [-0.4, -0.2) is 25.7 Å². The summed E-state index contributed by atoms with van der Waals surface area (Å²) in [6.45, 7) is 0. The van der Waals surface area contributed by atoms with Crippen molar-refractivity contribution < 1.29 is 13.5 Å². The van der Waals surface area contributed by atoms with Gasteiger partial charge in [0.1, 0.15) is 5.75 Å². The van der Waals surface area contributed by atoms with Crippen LogP contribution in [0.3, 0.4) is 0 Å². The van der Waals surface area contributed by atoms with Gasteiger partial charge in [0, 0.05) is 24.6 Å². The summed E-state index contributed by atoms with van der Waals surface area (Å²) < 4.78 is 34.2. The highest BCUT2D eigenvalue weighted by molar-refractivity contribution is 6.37. The molecular weight excluding hydrogens is 483 g/mol. The molecule has 9 nitrogen and oxygen atoms in total. The molecule has 1 atom stereocenters. The number of hydrogen-bond donors (Lipinski definition) is 3. The lowest BCUT2D eigenvalue weighted by Gasteiger charge is -2.28. The average Bonchev–Trinajstić information content (AvgIpc) is 2.73. The Labute approximate surface area is 194 Å². The van der Waals surface area contributed by atoms with Crippen molar-refractivity contribution in [2.45, 2.75) is 37.5 Å². The number of benzene rings is 1. The molecule has 33 heavy (non-hydrogen) atoms. The molecule has 0 amide bonds. The van der Waals surface area contributed by atoms with Gasteiger partial charge in [-0.3, -0.25) is 14.6 Å². The van der Waals surface area contributed by atoms with Gasteiger partial charge < -0.3 is 15.5 Å². The van der Waals surface area contributed by atoms with Gasteiger partial charge in [-0.1, -0.05) is 23.2 Å². The molecule has 2 heterocycles. The molecule has 0 aliphatic heterocycles. The third-order valence-electron chi connectivity index (χ3n) is 5.29. The second-order valence-electron chi connectivity index (χ2n) is 7.67. The number of aromatic nitrogens is 4. The number of anilines is 1. The minimum absolute atomic E-state index is 0.000461. The Morgan fingerprint density at radius 2 is 1.85 bits per heavy atom. The van der Waals surface area contributed by atoms with E-state index in [1.54, 1.807) is 0 Å². The maximum absolute atomic E-state index is 13.8. The molecule has 0 radical (unpaired) electrons. The van der Waals surface area contributed by atoms with E-state index < -0.39 is 40.9 Å². The zero-order chi connectivity index (χ0) is 23.9. The highest BCUT2D eigenvalue weighted by Crippen LogP contribution is 2.42. The molecule has 0 saturated heterocycles. The van der Waals surface area contributed by atoms with Crippen molar-refractivity contribution in [1.82, 2.24) is 19.7 Å². The van der Waals surface area contributed by atoms with Crippen LogP contribution >= 0.6 is 23.2 Å². The maximum Gasteiger partial charge on any atom is 0.349 e. The van der Waals surface area contributed by atoms with E-state index in [1.165, 1.54) is 24.4 Å². The standard InChI is InChI=1S/C20H17Cl2F2N5O4/c21-13-4-10(29-19(32)27-18(31)16(25)28-29)5-14(22)15(13)33-11-6-12(17(30)26-8-11)9-2-1-3-20(23,24)7-9/h4-6,8-9H,1-3,7H2,(H2,25,28)(H,26,30)(H,27,31,32). The zero-order valence-electron chi connectivity index (χ0n) is 16.8. The van der Waals surface area contributed by atoms with E-state index in [4.69, 9.17) is 33.7 Å². The van der Waals surface area contributed by atoms with Gasteiger partial charge in [-0.25, -0.2) is 13.6 Å². The molecule has 1 fully saturated rings. The highest BCUT2D eigenvalue weighted by atomic mass is 35.5. The largest absolute Gasteiger partial charge is 0.453 e. The van der Waals surface area contributed by atoms with Crippen LogP contribution in [0.5, 0.6) is 11.5 Å². The second kappa shape index (κ2) is 8.64. The number of halogens is 4. The number of hydrogen-bond acceptors (Lipinski definition) is 6. The van der Waals surface area contributed by atoms with Gasteiger partial charge in [0.05, 0.1) is 15.7 Å². The SMILES string of the molecule is Nc1nn(-c2cc(Cl)c(Oc3c[nH]c(=O)c(C4CCCC(F)(F)C4)c3)c(Cl)c2)c(=O)[nH]c1=O. The summed E-state index contributed by atoms with van der Waals surface area (Å²) in [6.07, 6.45) is 1.42. The number of nitrogens with zero attached hydrogens (tertiary/aromatic N) is 2. The summed E-state index contributed by atoms with van der Waals surface area (Å²) in [7, 11) is 0. The number of ether oxygens (including phenoxy) is 1. The van der Waals surface area contributed by atoms with E-state index in [0.717, 1.165) is 4.68 Å². The van der Waals surface area contributed by atoms with Crippen LogP contribution in [0.4, 0.5) is 14.6 Å². The number of aromatic amines is 2. The van der Waals surface area contributed by atoms with E-state index in [0.29, 0.717) is 12.8 Å². The molecule has 4 N–H and O–H groups in total. The fourth-order valence-corrected chi connectivity index (χ4v) is 4.30. The van der Waals surface area contributed by atoms with Crippen molar-refractivity contribution in [1.29, 1.82) is 0 Å². The molecular formula is C20H17Cl2F2N5O4. The quantitative estimate of drug-likeness (QED) is 0.501. The number of rotatable bonds is 4. The monoisotopic (exact) mass is 499 g/mol. The summed E-state index contributed by atoms with van der Waals surface area (Å²) in [5, 5.41) is 3.66. The van der Waals surface area contributed by atoms with Crippen molar-refractivity contribution in [3.8, 4) is 17.2 Å². The van der Waals surface area contributed by atoms with E-state index in [2.05, 4.69) is 10.1 Å². The van der Waals surface area contributed by atoms with Crippen molar-refractivity contribution >= 4 is 29.0 Å². The Bertz CT molecular complexity index is 1380. The normalized spacial score (nSPS) is 17.6. The second-order valence-corrected chi connectivity index (χ2v) is 8.48. The van der Waals surface area contributed by atoms with Crippen LogP contribution in [-0.2, 0) is 0 Å². The third-order valence-corrected chi connectivity index (χ3v) is 5.85. The Balaban J connectivity index is 1.67. The lowest BCUT2D eigenvalue weighted by molar-refractivity contribution is -0.0409. The van der Waals surface area contributed by atoms with Gasteiger partial charge in [0.15, 0.2) is 5.75 Å². The van der Waals surface area contributed by atoms with Crippen molar-refractivity contribution in [3.05, 3.63) is 71.2 Å². The smallest absolute Gasteiger partial charge is 0.349 e. The Morgan fingerprint density at radius 3 is 2.52 bits per heavy atom. The summed E-state index contributed by atoms with van der Waals surface area (Å²) in [5.74, 6) is -3.74. The van der Waals surface area contributed by atoms with Gasteiger partial charge >= 0.3 is 5.69 Å². The number of pyridine rings is 1. The fourth-order valence-electron chi connectivity index (χ4n) is 3.75. The van der Waals surface area contributed by atoms with Gasteiger partial charge in [-0.2, -0.15) is 4.68 Å². The van der Waals surface area contributed by atoms with E-state index in [1.807, 2.05) is 4.98 Å². The first-order valence-corrected chi connectivity index (χ1v) is 10.6. The summed E-state index contributed by atoms with van der Waals surface area (Å²) in [6, 6.07) is 4.01. The van der Waals surface area contributed by atoms with Crippen molar-refractivity contribution in [3.63, 3.8) is 0 Å². The topological polar surface area (TPSA) is 136 Å². The molecule has 13 heteroatoms. The molecule has 174 valence electrons. The van der Waals surface area contributed by atoms with E-state index in [-0.39, 0.29) is 39.2 Å². The number of nitrogen functional groups attached to an aromatic ring is 1. The van der Waals surface area contributed by atoms with Crippen molar-refractivity contribution in [2.75, 3.05) is 5.73 Å². The van der Waals surface area contributed by atoms with Crippen molar-refractivity contribution in [2.24, 2.45) is 0 Å². The van der Waals surface area contributed by atoms with Crippen LogP contribution in [0.1, 0.15) is 37.2 Å². The highest BCUT2D eigenvalue weighted by Gasteiger charge is 2.37. The summed E-state index contributed by atoms with van der Waals surface area (Å²) in [5.41, 5.74) is 3.59. The molecule has 1 aromatic carbocycles. The molecule has 1 aliphatic rings. The predicted octanol–water partition coefficient (Wildman–Crippen LogP) is 3.58. The molecule has 4 rings (SSSR count). The molecule has 3 aromatic rings.